The molecular weight excluding hydrogens is 332 g/mol. The summed E-state index contributed by atoms with van der Waals surface area (Å²) in [5.74, 6) is 0. The molecule has 0 saturated carbocycles. The Kier molecular flexibility index (Phi) is 3.40. The van der Waals surface area contributed by atoms with Crippen molar-refractivity contribution in [3.63, 3.8) is 0 Å². The highest BCUT2D eigenvalue weighted by atomic mass is 35.5. The van der Waals surface area contributed by atoms with Crippen LogP contribution in [-0.2, 0) is 7.05 Å². The van der Waals surface area contributed by atoms with Crippen molar-refractivity contribution < 1.29 is 4.57 Å². The number of aromatic nitrogens is 1. The van der Waals surface area contributed by atoms with E-state index in [-0.39, 0.29) is 0 Å². The number of aryl methyl sites for hydroxylation is 1. The minimum atomic E-state index is 0.778. The number of anilines is 1. The van der Waals surface area contributed by atoms with Gasteiger partial charge >= 0.3 is 0 Å². The van der Waals surface area contributed by atoms with Gasteiger partial charge in [0.15, 0.2) is 0 Å². The zero-order valence-corrected chi connectivity index (χ0v) is 14.6. The van der Waals surface area contributed by atoms with Crippen LogP contribution >= 0.6 is 34.7 Å². The Labute approximate surface area is 142 Å². The van der Waals surface area contributed by atoms with Crippen molar-refractivity contribution in [2.45, 2.75) is 4.90 Å². The Morgan fingerprint density at radius 2 is 2.00 bits per heavy atom. The minimum absolute atomic E-state index is 0.778. The number of thiazole rings is 1. The summed E-state index contributed by atoms with van der Waals surface area (Å²) in [7, 11) is 4.21. The highest BCUT2D eigenvalue weighted by Crippen LogP contribution is 2.45. The topological polar surface area (TPSA) is 7.12 Å². The third-order valence-corrected chi connectivity index (χ3v) is 6.41. The zero-order chi connectivity index (χ0) is 15.3. The number of benzene rings is 2. The highest BCUT2D eigenvalue weighted by Gasteiger charge is 2.24. The molecule has 0 aliphatic carbocycles. The minimum Gasteiger partial charge on any atom is -0.338 e. The van der Waals surface area contributed by atoms with Gasteiger partial charge < -0.3 is 4.90 Å². The van der Waals surface area contributed by atoms with Crippen LogP contribution in [0, 0.1) is 0 Å². The summed E-state index contributed by atoms with van der Waals surface area (Å²) in [4.78, 5) is 3.56. The molecule has 3 aromatic rings. The number of fused-ring (bicyclic) bond motifs is 2. The number of nitrogens with zero attached hydrogens (tertiary/aromatic N) is 2. The van der Waals surface area contributed by atoms with E-state index in [1.807, 2.05) is 23.9 Å². The van der Waals surface area contributed by atoms with E-state index in [1.165, 1.54) is 30.8 Å². The number of halogens is 1. The predicted octanol–water partition coefficient (Wildman–Crippen LogP) is 4.92. The van der Waals surface area contributed by atoms with Gasteiger partial charge in [0.2, 0.25) is 5.52 Å². The molecule has 0 bridgehead atoms. The summed E-state index contributed by atoms with van der Waals surface area (Å²) in [5.41, 5.74) is 2.44. The molecule has 0 spiro atoms. The SMILES string of the molecule is CN1C(=Cc2sc3ccc(Cl)cc3[n+]2C)Sc2ccccc21. The lowest BCUT2D eigenvalue weighted by atomic mass is 10.3. The van der Waals surface area contributed by atoms with Crippen molar-refractivity contribution in [3.8, 4) is 0 Å². The summed E-state index contributed by atoms with van der Waals surface area (Å²) in [6, 6.07) is 14.6. The molecule has 2 heterocycles. The van der Waals surface area contributed by atoms with E-state index < -0.39 is 0 Å². The standard InChI is InChI=1S/C17H14ClN2S2/c1-19-12-5-3-4-6-14(12)21-16(19)10-17-20(2)13-9-11(18)7-8-15(13)22-17/h3-10H,1-2H3/q+1. The predicted molar refractivity (Wildman–Crippen MR) is 96.7 cm³/mol. The lowest BCUT2D eigenvalue weighted by molar-refractivity contribution is -0.642. The lowest BCUT2D eigenvalue weighted by Gasteiger charge is -2.12. The van der Waals surface area contributed by atoms with Crippen LogP contribution in [0.2, 0.25) is 5.02 Å². The van der Waals surface area contributed by atoms with Gasteiger partial charge in [0.25, 0.3) is 5.01 Å². The van der Waals surface area contributed by atoms with Gasteiger partial charge in [-0.1, -0.05) is 46.8 Å². The summed E-state index contributed by atoms with van der Waals surface area (Å²) in [6.45, 7) is 0. The zero-order valence-electron chi connectivity index (χ0n) is 12.2. The molecule has 0 saturated heterocycles. The van der Waals surface area contributed by atoms with Crippen LogP contribution in [0.1, 0.15) is 5.01 Å². The number of hydrogen-bond acceptors (Lipinski definition) is 3. The van der Waals surface area contributed by atoms with Crippen LogP contribution in [0.15, 0.2) is 52.4 Å². The van der Waals surface area contributed by atoms with Crippen LogP contribution in [0.5, 0.6) is 0 Å². The Morgan fingerprint density at radius 1 is 1.18 bits per heavy atom. The van der Waals surface area contributed by atoms with E-state index in [4.69, 9.17) is 11.6 Å². The van der Waals surface area contributed by atoms with E-state index in [9.17, 15) is 0 Å². The van der Waals surface area contributed by atoms with Gasteiger partial charge in [0, 0.05) is 23.0 Å². The maximum absolute atomic E-state index is 6.12. The second-order valence-electron chi connectivity index (χ2n) is 5.22. The van der Waals surface area contributed by atoms with Crippen molar-refractivity contribution in [1.82, 2.24) is 0 Å². The third-order valence-electron chi connectivity index (χ3n) is 3.85. The van der Waals surface area contributed by atoms with Gasteiger partial charge in [-0.25, -0.2) is 0 Å². The molecule has 1 aliphatic rings. The smallest absolute Gasteiger partial charge is 0.265 e. The molecule has 0 unspecified atom stereocenters. The van der Waals surface area contributed by atoms with Gasteiger partial charge in [-0.05, 0) is 24.3 Å². The molecule has 0 amide bonds. The van der Waals surface area contributed by atoms with Crippen LogP contribution in [0.4, 0.5) is 5.69 Å². The van der Waals surface area contributed by atoms with E-state index in [2.05, 4.69) is 60.0 Å². The molecule has 0 atom stereocenters. The van der Waals surface area contributed by atoms with E-state index in [0.29, 0.717) is 0 Å². The molecular formula is C17H14ClN2S2+. The summed E-state index contributed by atoms with van der Waals surface area (Å²) in [5, 5.41) is 3.24. The fourth-order valence-corrected chi connectivity index (χ4v) is 5.01. The second kappa shape index (κ2) is 5.30. The molecule has 22 heavy (non-hydrogen) atoms. The molecule has 2 aromatic carbocycles. The monoisotopic (exact) mass is 345 g/mol. The normalized spacial score (nSPS) is 15.8. The molecule has 110 valence electrons. The molecule has 2 nitrogen and oxygen atoms in total. The molecule has 4 rings (SSSR count). The number of thioether (sulfide) groups is 1. The average molecular weight is 346 g/mol. The maximum atomic E-state index is 6.12. The number of rotatable bonds is 1. The fourth-order valence-electron chi connectivity index (χ4n) is 2.62. The van der Waals surface area contributed by atoms with E-state index in [0.717, 1.165) is 5.02 Å². The molecule has 1 aromatic heterocycles. The first-order valence-electron chi connectivity index (χ1n) is 6.94. The first kappa shape index (κ1) is 14.1. The average Bonchev–Trinajstić information content (AvgIpc) is 2.99. The van der Waals surface area contributed by atoms with Crippen LogP contribution in [-0.4, -0.2) is 7.05 Å². The molecule has 0 N–H and O–H groups in total. The highest BCUT2D eigenvalue weighted by molar-refractivity contribution is 8.03. The quantitative estimate of drug-likeness (QED) is 0.578. The number of hydrogen-bond donors (Lipinski definition) is 0. The molecule has 0 fully saturated rings. The van der Waals surface area contributed by atoms with Crippen LogP contribution in [0.25, 0.3) is 16.3 Å². The van der Waals surface area contributed by atoms with Crippen molar-refractivity contribution in [3.05, 3.63) is 57.5 Å². The first-order chi connectivity index (χ1) is 10.6. The van der Waals surface area contributed by atoms with Crippen molar-refractivity contribution in [2.75, 3.05) is 11.9 Å². The van der Waals surface area contributed by atoms with Gasteiger partial charge in [-0.2, -0.15) is 4.57 Å². The largest absolute Gasteiger partial charge is 0.338 e. The first-order valence-corrected chi connectivity index (χ1v) is 8.95. The number of para-hydroxylation sites is 1. The van der Waals surface area contributed by atoms with Crippen molar-refractivity contribution in [2.24, 2.45) is 7.05 Å². The van der Waals surface area contributed by atoms with E-state index >= 15 is 0 Å². The molecule has 5 heteroatoms. The Balaban J connectivity index is 1.80. The fraction of sp³-hybridized carbons (Fsp3) is 0.118. The molecule has 1 aliphatic heterocycles. The maximum Gasteiger partial charge on any atom is 0.265 e. The second-order valence-corrected chi connectivity index (χ2v) is 7.78. The third kappa shape index (κ3) is 2.22. The van der Waals surface area contributed by atoms with Crippen molar-refractivity contribution >= 4 is 56.7 Å². The summed E-state index contributed by atoms with van der Waals surface area (Å²) in [6.07, 6.45) is 2.25. The van der Waals surface area contributed by atoms with Gasteiger partial charge in [-0.3, -0.25) is 0 Å². The van der Waals surface area contributed by atoms with Crippen molar-refractivity contribution in [1.29, 1.82) is 0 Å². The van der Waals surface area contributed by atoms with Crippen LogP contribution in [0.3, 0.4) is 0 Å². The van der Waals surface area contributed by atoms with Gasteiger partial charge in [0.05, 0.1) is 16.8 Å². The van der Waals surface area contributed by atoms with Gasteiger partial charge in [-0.15, -0.1) is 0 Å². The molecule has 0 radical (unpaired) electrons. The Bertz CT molecular complexity index is 914. The Morgan fingerprint density at radius 3 is 2.82 bits per heavy atom. The Hall–Kier alpha value is -1.49. The van der Waals surface area contributed by atoms with E-state index in [1.54, 1.807) is 11.3 Å². The van der Waals surface area contributed by atoms with Gasteiger partial charge in [0.1, 0.15) is 11.7 Å². The summed E-state index contributed by atoms with van der Waals surface area (Å²) >= 11 is 9.72. The van der Waals surface area contributed by atoms with Crippen LogP contribution < -0.4 is 9.47 Å². The summed E-state index contributed by atoms with van der Waals surface area (Å²) < 4.78 is 3.46. The lowest BCUT2D eigenvalue weighted by Crippen LogP contribution is -2.29.